The molecule has 132 valence electrons. The van der Waals surface area contributed by atoms with Gasteiger partial charge in [-0.1, -0.05) is 30.3 Å². The van der Waals surface area contributed by atoms with E-state index in [4.69, 9.17) is 0 Å². The first-order valence-corrected chi connectivity index (χ1v) is 10.4. The van der Waals surface area contributed by atoms with Gasteiger partial charge in [0.05, 0.1) is 0 Å². The number of carbonyl (C=O) groups excluding carboxylic acids is 1. The van der Waals surface area contributed by atoms with Crippen molar-refractivity contribution in [1.82, 2.24) is 9.80 Å². The number of carbonyl (C=O) groups is 1. The molecule has 1 aromatic heterocycles. The molecule has 0 radical (unpaired) electrons. The third-order valence-electron chi connectivity index (χ3n) is 5.57. The first kappa shape index (κ1) is 16.8. The lowest BCUT2D eigenvalue weighted by Gasteiger charge is -2.37. The van der Waals surface area contributed by atoms with Gasteiger partial charge in [-0.05, 0) is 66.6 Å². The molecule has 0 spiro atoms. The maximum Gasteiger partial charge on any atom is 0.244 e. The Kier molecular flexibility index (Phi) is 5.18. The van der Waals surface area contributed by atoms with E-state index >= 15 is 0 Å². The summed E-state index contributed by atoms with van der Waals surface area (Å²) in [6.45, 7) is 2.83. The minimum absolute atomic E-state index is 0.147. The van der Waals surface area contributed by atoms with E-state index in [9.17, 15) is 4.79 Å². The maximum atomic E-state index is 13.5. The van der Waals surface area contributed by atoms with Crippen LogP contribution in [0.25, 0.3) is 0 Å². The van der Waals surface area contributed by atoms with E-state index in [1.165, 1.54) is 12.0 Å². The fourth-order valence-electron chi connectivity index (χ4n) is 4.32. The van der Waals surface area contributed by atoms with Crippen molar-refractivity contribution in [3.8, 4) is 0 Å². The number of nitrogens with zero attached hydrogens (tertiary/aromatic N) is 2. The summed E-state index contributed by atoms with van der Waals surface area (Å²) in [5, 5.41) is 4.40. The molecule has 3 nitrogen and oxygen atoms in total. The monoisotopic (exact) mass is 354 g/mol. The third kappa shape index (κ3) is 3.51. The zero-order valence-electron chi connectivity index (χ0n) is 14.6. The SMILES string of the molecule is O=C([C@@H](c1ccccc1)N1CCC[C@@H]1c1ccsc1)N1CCCCC1. The van der Waals surface area contributed by atoms with Crippen LogP contribution in [-0.2, 0) is 4.79 Å². The largest absolute Gasteiger partial charge is 0.341 e. The van der Waals surface area contributed by atoms with Crippen LogP contribution in [0.4, 0.5) is 0 Å². The highest BCUT2D eigenvalue weighted by Gasteiger charge is 2.38. The van der Waals surface area contributed by atoms with E-state index in [2.05, 4.69) is 50.9 Å². The van der Waals surface area contributed by atoms with Crippen molar-refractivity contribution >= 4 is 17.2 Å². The van der Waals surface area contributed by atoms with Crippen LogP contribution in [0, 0.1) is 0 Å². The van der Waals surface area contributed by atoms with Crippen LogP contribution in [0.3, 0.4) is 0 Å². The Morgan fingerprint density at radius 1 is 1.00 bits per heavy atom. The van der Waals surface area contributed by atoms with Gasteiger partial charge in [0.25, 0.3) is 0 Å². The minimum Gasteiger partial charge on any atom is -0.341 e. The maximum absolute atomic E-state index is 13.5. The van der Waals surface area contributed by atoms with Gasteiger partial charge >= 0.3 is 0 Å². The van der Waals surface area contributed by atoms with Crippen LogP contribution in [0.15, 0.2) is 47.2 Å². The summed E-state index contributed by atoms with van der Waals surface area (Å²) in [5.74, 6) is 0.299. The molecule has 2 atom stereocenters. The second-order valence-corrected chi connectivity index (χ2v) is 7.93. The summed E-state index contributed by atoms with van der Waals surface area (Å²) in [6.07, 6.45) is 5.84. The van der Waals surface area contributed by atoms with Crippen molar-refractivity contribution in [3.05, 3.63) is 58.3 Å². The molecule has 0 bridgehead atoms. The standard InChI is InChI=1S/C21H26N2OS/c24-21(22-12-5-2-6-13-22)20(17-8-3-1-4-9-17)23-14-7-10-19(23)18-11-15-25-16-18/h1,3-4,8-9,11,15-16,19-20H,2,5-7,10,12-14H2/t19-,20-/m1/s1. The third-order valence-corrected chi connectivity index (χ3v) is 6.27. The van der Waals surface area contributed by atoms with Crippen LogP contribution in [0.5, 0.6) is 0 Å². The van der Waals surface area contributed by atoms with E-state index in [1.54, 1.807) is 11.3 Å². The average Bonchev–Trinajstić information content (AvgIpc) is 3.35. The fourth-order valence-corrected chi connectivity index (χ4v) is 5.03. The smallest absolute Gasteiger partial charge is 0.244 e. The molecule has 2 aromatic rings. The van der Waals surface area contributed by atoms with Gasteiger partial charge < -0.3 is 4.90 Å². The molecule has 2 aliphatic heterocycles. The van der Waals surface area contributed by atoms with E-state index in [0.29, 0.717) is 11.9 Å². The van der Waals surface area contributed by atoms with Gasteiger partial charge in [0, 0.05) is 19.1 Å². The number of hydrogen-bond donors (Lipinski definition) is 0. The fraction of sp³-hybridized carbons (Fsp3) is 0.476. The van der Waals surface area contributed by atoms with Crippen molar-refractivity contribution in [3.63, 3.8) is 0 Å². The molecule has 2 saturated heterocycles. The van der Waals surface area contributed by atoms with E-state index in [1.807, 2.05) is 6.07 Å². The van der Waals surface area contributed by atoms with Gasteiger partial charge in [-0.3, -0.25) is 9.69 Å². The second-order valence-electron chi connectivity index (χ2n) is 7.15. The normalized spacial score (nSPS) is 22.9. The van der Waals surface area contributed by atoms with Gasteiger partial charge in [-0.25, -0.2) is 0 Å². The van der Waals surface area contributed by atoms with Crippen LogP contribution in [-0.4, -0.2) is 35.3 Å². The Hall–Kier alpha value is -1.65. The van der Waals surface area contributed by atoms with Crippen LogP contribution >= 0.6 is 11.3 Å². The van der Waals surface area contributed by atoms with Crippen molar-refractivity contribution in [2.24, 2.45) is 0 Å². The number of thiophene rings is 1. The summed E-state index contributed by atoms with van der Waals surface area (Å²) in [4.78, 5) is 18.0. The predicted octanol–water partition coefficient (Wildman–Crippen LogP) is 4.64. The highest BCUT2D eigenvalue weighted by molar-refractivity contribution is 7.07. The second kappa shape index (κ2) is 7.71. The van der Waals surface area contributed by atoms with Gasteiger partial charge in [0.1, 0.15) is 6.04 Å². The summed E-state index contributed by atoms with van der Waals surface area (Å²) in [6, 6.07) is 12.8. The molecule has 2 fully saturated rings. The molecular weight excluding hydrogens is 328 g/mol. The first-order chi connectivity index (χ1) is 12.3. The Bertz CT molecular complexity index is 679. The molecular formula is C21H26N2OS. The van der Waals surface area contributed by atoms with Crippen LogP contribution in [0.1, 0.15) is 55.3 Å². The van der Waals surface area contributed by atoms with Gasteiger partial charge in [0.2, 0.25) is 5.91 Å². The molecule has 1 amide bonds. The Labute approximate surface area is 154 Å². The quantitative estimate of drug-likeness (QED) is 0.798. The lowest BCUT2D eigenvalue weighted by atomic mass is 9.99. The van der Waals surface area contributed by atoms with Crippen molar-refractivity contribution < 1.29 is 4.79 Å². The highest BCUT2D eigenvalue weighted by Crippen LogP contribution is 2.40. The first-order valence-electron chi connectivity index (χ1n) is 9.46. The van der Waals surface area contributed by atoms with E-state index in [-0.39, 0.29) is 6.04 Å². The zero-order chi connectivity index (χ0) is 17.1. The van der Waals surface area contributed by atoms with Crippen LogP contribution in [0.2, 0.25) is 0 Å². The van der Waals surface area contributed by atoms with Gasteiger partial charge in [0.15, 0.2) is 0 Å². The average molecular weight is 355 g/mol. The van der Waals surface area contributed by atoms with Crippen molar-refractivity contribution in [2.75, 3.05) is 19.6 Å². The molecule has 25 heavy (non-hydrogen) atoms. The van der Waals surface area contributed by atoms with E-state index in [0.717, 1.165) is 50.9 Å². The lowest BCUT2D eigenvalue weighted by Crippen LogP contribution is -2.44. The van der Waals surface area contributed by atoms with Crippen molar-refractivity contribution in [1.29, 1.82) is 0 Å². The molecule has 0 unspecified atom stereocenters. The van der Waals surface area contributed by atoms with Gasteiger partial charge in [-0.15, -0.1) is 0 Å². The van der Waals surface area contributed by atoms with Crippen LogP contribution < -0.4 is 0 Å². The zero-order valence-corrected chi connectivity index (χ0v) is 15.5. The molecule has 0 aliphatic carbocycles. The summed E-state index contributed by atoms with van der Waals surface area (Å²) in [5.41, 5.74) is 2.51. The summed E-state index contributed by atoms with van der Waals surface area (Å²) < 4.78 is 0. The highest BCUT2D eigenvalue weighted by atomic mass is 32.1. The molecule has 1 aromatic carbocycles. The number of rotatable bonds is 4. The lowest BCUT2D eigenvalue weighted by molar-refractivity contribution is -0.138. The number of benzene rings is 1. The molecule has 4 rings (SSSR count). The molecule has 2 aliphatic rings. The van der Waals surface area contributed by atoms with E-state index < -0.39 is 0 Å². The Balaban J connectivity index is 1.66. The summed E-state index contributed by atoms with van der Waals surface area (Å²) >= 11 is 1.75. The Morgan fingerprint density at radius 3 is 2.52 bits per heavy atom. The van der Waals surface area contributed by atoms with Crippen molar-refractivity contribution in [2.45, 2.75) is 44.2 Å². The molecule has 0 saturated carbocycles. The summed E-state index contributed by atoms with van der Waals surface area (Å²) in [7, 11) is 0. The molecule has 4 heteroatoms. The predicted molar refractivity (Wildman–Crippen MR) is 103 cm³/mol. The molecule has 0 N–H and O–H groups in total. The number of hydrogen-bond acceptors (Lipinski definition) is 3. The number of piperidine rings is 1. The number of likely N-dealkylation sites (tertiary alicyclic amines) is 2. The number of amides is 1. The molecule has 3 heterocycles. The topological polar surface area (TPSA) is 23.6 Å². The Morgan fingerprint density at radius 2 is 1.80 bits per heavy atom. The minimum atomic E-state index is -0.147. The van der Waals surface area contributed by atoms with Gasteiger partial charge in [-0.2, -0.15) is 11.3 Å².